The van der Waals surface area contributed by atoms with Crippen LogP contribution in [0.25, 0.3) is 0 Å². The topological polar surface area (TPSA) is 52.8 Å². The van der Waals surface area contributed by atoms with Gasteiger partial charge >= 0.3 is 0 Å². The highest BCUT2D eigenvalue weighted by Gasteiger charge is 2.16. The predicted molar refractivity (Wildman–Crippen MR) is 90.1 cm³/mol. The van der Waals surface area contributed by atoms with Gasteiger partial charge in [0.1, 0.15) is 0 Å². The molecule has 22 heavy (non-hydrogen) atoms. The molecule has 0 aromatic heterocycles. The van der Waals surface area contributed by atoms with Gasteiger partial charge in [-0.2, -0.15) is 0 Å². The molecular formula is C17H28N4O. The van der Waals surface area contributed by atoms with Crippen LogP contribution in [0.1, 0.15) is 15.9 Å². The SMILES string of the molecule is CN(C)CCN1CCN(CCc2ccc(C(N)=O)cc2)CC1. The Morgan fingerprint density at radius 1 is 1.05 bits per heavy atom. The number of nitrogens with two attached hydrogens (primary N) is 1. The Balaban J connectivity index is 1.69. The molecule has 2 N–H and O–H groups in total. The molecule has 0 atom stereocenters. The first-order valence-electron chi connectivity index (χ1n) is 8.03. The van der Waals surface area contributed by atoms with Crippen molar-refractivity contribution in [3.05, 3.63) is 35.4 Å². The quantitative estimate of drug-likeness (QED) is 0.797. The first kappa shape index (κ1) is 16.9. The second-order valence-electron chi connectivity index (χ2n) is 6.30. The van der Waals surface area contributed by atoms with Crippen molar-refractivity contribution in [3.8, 4) is 0 Å². The zero-order valence-corrected chi connectivity index (χ0v) is 13.8. The van der Waals surface area contributed by atoms with Gasteiger partial charge < -0.3 is 15.5 Å². The lowest BCUT2D eigenvalue weighted by Crippen LogP contribution is -2.48. The van der Waals surface area contributed by atoms with Crippen molar-refractivity contribution in [2.45, 2.75) is 6.42 Å². The van der Waals surface area contributed by atoms with E-state index in [1.807, 2.05) is 24.3 Å². The molecule has 122 valence electrons. The van der Waals surface area contributed by atoms with Crippen LogP contribution in [0.3, 0.4) is 0 Å². The number of hydrogen-bond donors (Lipinski definition) is 1. The summed E-state index contributed by atoms with van der Waals surface area (Å²) in [4.78, 5) is 18.3. The molecule has 1 aliphatic heterocycles. The Morgan fingerprint density at radius 3 is 2.09 bits per heavy atom. The van der Waals surface area contributed by atoms with Gasteiger partial charge in [-0.25, -0.2) is 0 Å². The number of piperazine rings is 1. The summed E-state index contributed by atoms with van der Waals surface area (Å²) in [6.07, 6.45) is 1.02. The molecule has 1 aromatic rings. The lowest BCUT2D eigenvalue weighted by Gasteiger charge is -2.35. The molecule has 0 radical (unpaired) electrons. The molecular weight excluding hydrogens is 276 g/mol. The van der Waals surface area contributed by atoms with Crippen LogP contribution in [0.5, 0.6) is 0 Å². The van der Waals surface area contributed by atoms with Gasteiger partial charge in [0, 0.05) is 51.4 Å². The maximum absolute atomic E-state index is 11.0. The predicted octanol–water partition coefficient (Wildman–Crippen LogP) is 0.507. The molecule has 1 heterocycles. The molecule has 0 bridgehead atoms. The number of primary amides is 1. The van der Waals surface area contributed by atoms with E-state index >= 15 is 0 Å². The first-order chi connectivity index (χ1) is 10.5. The Kier molecular flexibility index (Phi) is 6.36. The lowest BCUT2D eigenvalue weighted by molar-refractivity contribution is 0.100. The van der Waals surface area contributed by atoms with E-state index in [0.717, 1.165) is 52.2 Å². The summed E-state index contributed by atoms with van der Waals surface area (Å²) in [5, 5.41) is 0. The number of likely N-dealkylation sites (N-methyl/N-ethyl adjacent to an activating group) is 1. The Labute approximate surface area is 133 Å². The van der Waals surface area contributed by atoms with Crippen molar-refractivity contribution in [1.82, 2.24) is 14.7 Å². The fourth-order valence-electron chi connectivity index (χ4n) is 2.70. The van der Waals surface area contributed by atoms with Gasteiger partial charge in [-0.05, 0) is 38.2 Å². The minimum absolute atomic E-state index is 0.361. The minimum atomic E-state index is -0.361. The molecule has 0 aliphatic carbocycles. The van der Waals surface area contributed by atoms with Crippen LogP contribution in [0.2, 0.25) is 0 Å². The number of amides is 1. The number of benzene rings is 1. The smallest absolute Gasteiger partial charge is 0.248 e. The van der Waals surface area contributed by atoms with Crippen LogP contribution in [-0.2, 0) is 6.42 Å². The van der Waals surface area contributed by atoms with Crippen molar-refractivity contribution in [2.24, 2.45) is 5.73 Å². The fraction of sp³-hybridized carbons (Fsp3) is 0.588. The number of carbonyl (C=O) groups is 1. The summed E-state index contributed by atoms with van der Waals surface area (Å²) in [6.45, 7) is 7.99. The zero-order valence-electron chi connectivity index (χ0n) is 13.8. The van der Waals surface area contributed by atoms with E-state index in [1.54, 1.807) is 0 Å². The summed E-state index contributed by atoms with van der Waals surface area (Å²) in [7, 11) is 4.25. The maximum atomic E-state index is 11.0. The highest BCUT2D eigenvalue weighted by molar-refractivity contribution is 5.92. The molecule has 2 rings (SSSR count). The Bertz CT molecular complexity index is 464. The Hall–Kier alpha value is -1.43. The number of nitrogens with zero attached hydrogens (tertiary/aromatic N) is 3. The van der Waals surface area contributed by atoms with Crippen LogP contribution in [0, 0.1) is 0 Å². The third-order valence-electron chi connectivity index (χ3n) is 4.28. The molecule has 1 aromatic carbocycles. The van der Waals surface area contributed by atoms with Crippen molar-refractivity contribution in [3.63, 3.8) is 0 Å². The van der Waals surface area contributed by atoms with Crippen LogP contribution in [0.4, 0.5) is 0 Å². The van der Waals surface area contributed by atoms with Gasteiger partial charge in [0.25, 0.3) is 0 Å². The van der Waals surface area contributed by atoms with Crippen molar-refractivity contribution < 1.29 is 4.79 Å². The summed E-state index contributed by atoms with van der Waals surface area (Å²) in [5.41, 5.74) is 7.10. The van der Waals surface area contributed by atoms with E-state index in [2.05, 4.69) is 28.8 Å². The van der Waals surface area contributed by atoms with Crippen molar-refractivity contribution >= 4 is 5.91 Å². The Morgan fingerprint density at radius 2 is 1.59 bits per heavy atom. The van der Waals surface area contributed by atoms with Gasteiger partial charge in [-0.1, -0.05) is 12.1 Å². The van der Waals surface area contributed by atoms with E-state index < -0.39 is 0 Å². The van der Waals surface area contributed by atoms with E-state index in [1.165, 1.54) is 5.56 Å². The second kappa shape index (κ2) is 8.27. The fourth-order valence-corrected chi connectivity index (χ4v) is 2.70. The maximum Gasteiger partial charge on any atom is 0.248 e. The summed E-state index contributed by atoms with van der Waals surface area (Å²) in [5.74, 6) is -0.361. The van der Waals surface area contributed by atoms with E-state index in [9.17, 15) is 4.79 Å². The molecule has 0 saturated carbocycles. The molecule has 0 unspecified atom stereocenters. The summed E-state index contributed by atoms with van der Waals surface area (Å²) >= 11 is 0. The molecule has 1 amide bonds. The van der Waals surface area contributed by atoms with E-state index in [-0.39, 0.29) is 5.91 Å². The van der Waals surface area contributed by atoms with Crippen molar-refractivity contribution in [2.75, 3.05) is 59.9 Å². The third-order valence-corrected chi connectivity index (χ3v) is 4.28. The molecule has 1 saturated heterocycles. The largest absolute Gasteiger partial charge is 0.366 e. The number of rotatable bonds is 7. The van der Waals surface area contributed by atoms with Gasteiger partial charge in [0.15, 0.2) is 0 Å². The highest BCUT2D eigenvalue weighted by atomic mass is 16.1. The monoisotopic (exact) mass is 304 g/mol. The third kappa shape index (κ3) is 5.40. The number of hydrogen-bond acceptors (Lipinski definition) is 4. The lowest BCUT2D eigenvalue weighted by atomic mass is 10.1. The van der Waals surface area contributed by atoms with Crippen LogP contribution < -0.4 is 5.73 Å². The van der Waals surface area contributed by atoms with Gasteiger partial charge in [0.2, 0.25) is 5.91 Å². The molecule has 0 spiro atoms. The zero-order chi connectivity index (χ0) is 15.9. The minimum Gasteiger partial charge on any atom is -0.366 e. The standard InChI is InChI=1S/C17H28N4O/c1-19(2)9-10-21-13-11-20(12-14-21)8-7-15-3-5-16(6-4-15)17(18)22/h3-6H,7-14H2,1-2H3,(H2,18,22). The van der Waals surface area contributed by atoms with Crippen LogP contribution >= 0.6 is 0 Å². The second-order valence-corrected chi connectivity index (χ2v) is 6.30. The van der Waals surface area contributed by atoms with E-state index in [4.69, 9.17) is 5.73 Å². The van der Waals surface area contributed by atoms with Gasteiger partial charge in [-0.3, -0.25) is 9.69 Å². The highest BCUT2D eigenvalue weighted by Crippen LogP contribution is 2.07. The summed E-state index contributed by atoms with van der Waals surface area (Å²) in [6, 6.07) is 7.65. The molecule has 1 aliphatic rings. The molecule has 1 fully saturated rings. The normalized spacial score (nSPS) is 17.0. The van der Waals surface area contributed by atoms with Crippen LogP contribution in [-0.4, -0.2) is 80.5 Å². The first-order valence-corrected chi connectivity index (χ1v) is 8.03. The van der Waals surface area contributed by atoms with Gasteiger partial charge in [-0.15, -0.1) is 0 Å². The summed E-state index contributed by atoms with van der Waals surface area (Å²) < 4.78 is 0. The average Bonchev–Trinajstić information content (AvgIpc) is 2.52. The van der Waals surface area contributed by atoms with Crippen molar-refractivity contribution in [1.29, 1.82) is 0 Å². The number of carbonyl (C=O) groups excluding carboxylic acids is 1. The molecule has 5 heteroatoms. The molecule has 5 nitrogen and oxygen atoms in total. The van der Waals surface area contributed by atoms with E-state index in [0.29, 0.717) is 5.56 Å². The van der Waals surface area contributed by atoms with Gasteiger partial charge in [0.05, 0.1) is 0 Å². The average molecular weight is 304 g/mol. The van der Waals surface area contributed by atoms with Crippen LogP contribution in [0.15, 0.2) is 24.3 Å².